The van der Waals surface area contributed by atoms with Crippen LogP contribution in [0.25, 0.3) is 0 Å². The van der Waals surface area contributed by atoms with E-state index in [1.54, 1.807) is 13.0 Å². The molecule has 1 aromatic heterocycles. The van der Waals surface area contributed by atoms with Crippen molar-refractivity contribution in [2.45, 2.75) is 39.2 Å². The number of piperidine rings is 1. The second-order valence-electron chi connectivity index (χ2n) is 7.04. The SMILES string of the molecule is Cc1cc(NC(=O)CCN(C)Cc2ccccc2N2CCCCC2)no1. The van der Waals surface area contributed by atoms with E-state index in [9.17, 15) is 4.79 Å². The Morgan fingerprint density at radius 1 is 1.27 bits per heavy atom. The Labute approximate surface area is 155 Å². The minimum absolute atomic E-state index is 0.0468. The number of anilines is 2. The normalized spacial score (nSPS) is 14.7. The topological polar surface area (TPSA) is 61.6 Å². The Hall–Kier alpha value is -2.34. The molecular weight excluding hydrogens is 328 g/mol. The highest BCUT2D eigenvalue weighted by atomic mass is 16.5. The summed E-state index contributed by atoms with van der Waals surface area (Å²) in [4.78, 5) is 16.7. The van der Waals surface area contributed by atoms with Crippen LogP contribution in [0, 0.1) is 6.92 Å². The van der Waals surface area contributed by atoms with Crippen molar-refractivity contribution in [3.05, 3.63) is 41.7 Å². The van der Waals surface area contributed by atoms with Crippen molar-refractivity contribution in [1.29, 1.82) is 0 Å². The monoisotopic (exact) mass is 356 g/mol. The standard InChI is InChI=1S/C20H28N4O2/c1-16-14-19(22-26-16)21-20(25)10-13-23(2)15-17-8-4-5-9-18(17)24-11-6-3-7-12-24/h4-5,8-9,14H,3,6-7,10-13,15H2,1-2H3,(H,21,22,25). The van der Waals surface area contributed by atoms with Gasteiger partial charge in [-0.25, -0.2) is 0 Å². The highest BCUT2D eigenvalue weighted by Gasteiger charge is 2.15. The van der Waals surface area contributed by atoms with Crippen LogP contribution in [0.4, 0.5) is 11.5 Å². The molecular formula is C20H28N4O2. The van der Waals surface area contributed by atoms with Crippen LogP contribution in [0.1, 0.15) is 37.0 Å². The van der Waals surface area contributed by atoms with Gasteiger partial charge in [-0.2, -0.15) is 0 Å². The molecule has 26 heavy (non-hydrogen) atoms. The average Bonchev–Trinajstić information content (AvgIpc) is 3.06. The molecule has 0 aliphatic carbocycles. The van der Waals surface area contributed by atoms with E-state index in [2.05, 4.69) is 51.6 Å². The molecule has 1 saturated heterocycles. The fraction of sp³-hybridized carbons (Fsp3) is 0.500. The van der Waals surface area contributed by atoms with Gasteiger partial charge in [0.15, 0.2) is 5.82 Å². The maximum atomic E-state index is 12.1. The molecule has 2 heterocycles. The lowest BCUT2D eigenvalue weighted by molar-refractivity contribution is -0.116. The third-order valence-corrected chi connectivity index (χ3v) is 4.74. The lowest BCUT2D eigenvalue weighted by atomic mass is 10.1. The summed E-state index contributed by atoms with van der Waals surface area (Å²) in [6.07, 6.45) is 4.30. The van der Waals surface area contributed by atoms with Crippen LogP contribution < -0.4 is 10.2 Å². The van der Waals surface area contributed by atoms with Gasteiger partial charge in [0.05, 0.1) is 0 Å². The van der Waals surface area contributed by atoms with Gasteiger partial charge in [-0.1, -0.05) is 23.4 Å². The zero-order valence-electron chi connectivity index (χ0n) is 15.7. The molecule has 3 rings (SSSR count). The zero-order valence-corrected chi connectivity index (χ0v) is 15.7. The van der Waals surface area contributed by atoms with Gasteiger partial charge in [-0.3, -0.25) is 4.79 Å². The molecule has 1 fully saturated rings. The van der Waals surface area contributed by atoms with E-state index in [1.165, 1.54) is 30.5 Å². The summed E-state index contributed by atoms with van der Waals surface area (Å²) in [5, 5.41) is 6.55. The molecule has 1 aliphatic heterocycles. The summed E-state index contributed by atoms with van der Waals surface area (Å²) >= 11 is 0. The first-order chi connectivity index (χ1) is 12.6. The van der Waals surface area contributed by atoms with Gasteiger partial charge >= 0.3 is 0 Å². The molecule has 0 unspecified atom stereocenters. The molecule has 0 atom stereocenters. The predicted octanol–water partition coefficient (Wildman–Crippen LogP) is 3.43. The Morgan fingerprint density at radius 3 is 2.77 bits per heavy atom. The Balaban J connectivity index is 1.51. The molecule has 0 saturated carbocycles. The van der Waals surface area contributed by atoms with Gasteiger partial charge in [0.2, 0.25) is 5.91 Å². The number of hydrogen-bond acceptors (Lipinski definition) is 5. The van der Waals surface area contributed by atoms with Crippen molar-refractivity contribution in [2.24, 2.45) is 0 Å². The number of carbonyl (C=O) groups is 1. The average molecular weight is 356 g/mol. The Kier molecular flexibility index (Phi) is 6.28. The van der Waals surface area contributed by atoms with Gasteiger partial charge < -0.3 is 19.6 Å². The summed E-state index contributed by atoms with van der Waals surface area (Å²) in [5.74, 6) is 1.12. The van der Waals surface area contributed by atoms with Gasteiger partial charge in [0, 0.05) is 44.4 Å². The Bertz CT molecular complexity index is 722. The first-order valence-electron chi connectivity index (χ1n) is 9.36. The maximum absolute atomic E-state index is 12.1. The predicted molar refractivity (Wildman–Crippen MR) is 103 cm³/mol. The first-order valence-corrected chi connectivity index (χ1v) is 9.36. The highest BCUT2D eigenvalue weighted by molar-refractivity contribution is 5.89. The minimum atomic E-state index is -0.0468. The number of hydrogen-bond donors (Lipinski definition) is 1. The highest BCUT2D eigenvalue weighted by Crippen LogP contribution is 2.25. The van der Waals surface area contributed by atoms with Gasteiger partial charge in [0.25, 0.3) is 0 Å². The van der Waals surface area contributed by atoms with Gasteiger partial charge in [0.1, 0.15) is 5.76 Å². The van der Waals surface area contributed by atoms with Crippen molar-refractivity contribution in [1.82, 2.24) is 10.1 Å². The summed E-state index contributed by atoms with van der Waals surface area (Å²) in [5.41, 5.74) is 2.66. The molecule has 2 aromatic rings. The van der Waals surface area contributed by atoms with E-state index in [4.69, 9.17) is 4.52 Å². The van der Waals surface area contributed by atoms with Crippen LogP contribution >= 0.6 is 0 Å². The van der Waals surface area contributed by atoms with Gasteiger partial charge in [-0.05, 0) is 44.9 Å². The first kappa shape index (κ1) is 18.5. The second-order valence-corrected chi connectivity index (χ2v) is 7.04. The quantitative estimate of drug-likeness (QED) is 0.823. The number of nitrogens with one attached hydrogen (secondary N) is 1. The lowest BCUT2D eigenvalue weighted by Crippen LogP contribution is -2.31. The van der Waals surface area contributed by atoms with Crippen LogP contribution in [0.15, 0.2) is 34.9 Å². The van der Waals surface area contributed by atoms with Crippen LogP contribution in [-0.2, 0) is 11.3 Å². The van der Waals surface area contributed by atoms with Crippen molar-refractivity contribution in [3.63, 3.8) is 0 Å². The van der Waals surface area contributed by atoms with Gasteiger partial charge in [-0.15, -0.1) is 0 Å². The number of benzene rings is 1. The van der Waals surface area contributed by atoms with Crippen LogP contribution in [0.2, 0.25) is 0 Å². The summed E-state index contributed by atoms with van der Waals surface area (Å²) in [7, 11) is 2.06. The van der Waals surface area contributed by atoms with Crippen molar-refractivity contribution < 1.29 is 9.32 Å². The molecule has 1 N–H and O–H groups in total. The number of carbonyl (C=O) groups excluding carboxylic acids is 1. The molecule has 140 valence electrons. The van der Waals surface area contributed by atoms with Crippen LogP contribution in [0.3, 0.4) is 0 Å². The number of aryl methyl sites for hydroxylation is 1. The third-order valence-electron chi connectivity index (χ3n) is 4.74. The van der Waals surface area contributed by atoms with E-state index < -0.39 is 0 Å². The van der Waals surface area contributed by atoms with E-state index in [1.807, 2.05) is 0 Å². The van der Waals surface area contributed by atoms with Crippen molar-refractivity contribution in [3.8, 4) is 0 Å². The third kappa shape index (κ3) is 5.08. The maximum Gasteiger partial charge on any atom is 0.226 e. The molecule has 0 spiro atoms. The molecule has 6 nitrogen and oxygen atoms in total. The van der Waals surface area contributed by atoms with E-state index >= 15 is 0 Å². The number of aromatic nitrogens is 1. The molecule has 0 radical (unpaired) electrons. The van der Waals surface area contributed by atoms with Crippen molar-refractivity contribution >= 4 is 17.4 Å². The van der Waals surface area contributed by atoms with E-state index in [0.29, 0.717) is 24.5 Å². The minimum Gasteiger partial charge on any atom is -0.371 e. The van der Waals surface area contributed by atoms with E-state index in [0.717, 1.165) is 19.6 Å². The van der Waals surface area contributed by atoms with Crippen molar-refractivity contribution in [2.75, 3.05) is 36.9 Å². The fourth-order valence-corrected chi connectivity index (χ4v) is 3.38. The number of para-hydroxylation sites is 1. The summed E-state index contributed by atoms with van der Waals surface area (Å²) < 4.78 is 4.96. The molecule has 0 bridgehead atoms. The smallest absolute Gasteiger partial charge is 0.226 e. The summed E-state index contributed by atoms with van der Waals surface area (Å²) in [6.45, 7) is 5.61. The van der Waals surface area contributed by atoms with Crippen LogP contribution in [0.5, 0.6) is 0 Å². The van der Waals surface area contributed by atoms with E-state index in [-0.39, 0.29) is 5.91 Å². The summed E-state index contributed by atoms with van der Waals surface area (Å²) in [6, 6.07) is 10.3. The number of rotatable bonds is 7. The fourth-order valence-electron chi connectivity index (χ4n) is 3.38. The zero-order chi connectivity index (χ0) is 18.4. The molecule has 1 amide bonds. The molecule has 6 heteroatoms. The number of amides is 1. The Morgan fingerprint density at radius 2 is 2.04 bits per heavy atom. The molecule has 1 aromatic carbocycles. The molecule has 1 aliphatic rings. The number of nitrogens with zero attached hydrogens (tertiary/aromatic N) is 3. The van der Waals surface area contributed by atoms with Crippen LogP contribution in [-0.4, -0.2) is 42.6 Å². The second kappa shape index (κ2) is 8.85. The lowest BCUT2D eigenvalue weighted by Gasteiger charge is -2.31. The largest absolute Gasteiger partial charge is 0.371 e.